The second-order valence-electron chi connectivity index (χ2n) is 9.95. The van der Waals surface area contributed by atoms with Gasteiger partial charge in [0.2, 0.25) is 0 Å². The third-order valence-corrected chi connectivity index (χ3v) is 5.45. The van der Waals surface area contributed by atoms with E-state index in [1.54, 1.807) is 17.3 Å². The summed E-state index contributed by atoms with van der Waals surface area (Å²) in [5.41, 5.74) is 0.792. The number of nitrogens with zero attached hydrogens (tertiary/aromatic N) is 4. The number of hydrogen-bond donors (Lipinski definition) is 1. The van der Waals surface area contributed by atoms with Crippen LogP contribution in [-0.2, 0) is 11.3 Å². The zero-order valence-corrected chi connectivity index (χ0v) is 19.5. The number of pyridine rings is 1. The predicted molar refractivity (Wildman–Crippen MR) is 120 cm³/mol. The van der Waals surface area contributed by atoms with Crippen LogP contribution in [-0.4, -0.2) is 56.4 Å². The van der Waals surface area contributed by atoms with Gasteiger partial charge in [0.15, 0.2) is 5.65 Å². The summed E-state index contributed by atoms with van der Waals surface area (Å²) in [6.45, 7) is 13.9. The van der Waals surface area contributed by atoms with Gasteiger partial charge in [0.05, 0.1) is 11.8 Å². The van der Waals surface area contributed by atoms with E-state index in [1.807, 2.05) is 38.4 Å². The average molecular weight is 430 g/mol. The monoisotopic (exact) mass is 429 g/mol. The average Bonchev–Trinajstić information content (AvgIpc) is 3.08. The van der Waals surface area contributed by atoms with Gasteiger partial charge >= 0.3 is 6.09 Å². The zero-order valence-electron chi connectivity index (χ0n) is 19.5. The number of fused-ring (bicyclic) bond motifs is 1. The van der Waals surface area contributed by atoms with Crippen LogP contribution < -0.4 is 5.32 Å². The lowest BCUT2D eigenvalue weighted by atomic mass is 9.91. The molecule has 1 N–H and O–H groups in total. The summed E-state index contributed by atoms with van der Waals surface area (Å²) < 4.78 is 7.38. The highest BCUT2D eigenvalue weighted by atomic mass is 16.6. The first kappa shape index (κ1) is 23.0. The molecule has 2 aromatic heterocycles. The number of piperidine rings is 1. The minimum absolute atomic E-state index is 0.0721. The Hall–Kier alpha value is -2.64. The highest BCUT2D eigenvalue weighted by molar-refractivity contribution is 5.97. The van der Waals surface area contributed by atoms with E-state index >= 15 is 0 Å². The summed E-state index contributed by atoms with van der Waals surface area (Å²) in [4.78, 5) is 31.5. The molecule has 0 radical (unpaired) electrons. The summed E-state index contributed by atoms with van der Waals surface area (Å²) in [5.74, 6) is 0.480. The standard InChI is InChI=1S/C23H35N5O3/c1-15(2)13-28-20-18(12-25-28)10-19(11-24-20)21(29)26-16(3)17-8-7-9-27(14-17)22(30)31-23(4,5)6/h10-12,15-17H,7-9,13-14H2,1-6H3,(H,26,29)/t16-,17+/m1/s1. The maximum Gasteiger partial charge on any atom is 0.410 e. The second kappa shape index (κ2) is 9.24. The molecule has 1 fully saturated rings. The van der Waals surface area contributed by atoms with Crippen LogP contribution in [0.4, 0.5) is 4.79 Å². The zero-order chi connectivity index (χ0) is 22.8. The van der Waals surface area contributed by atoms with Crippen molar-refractivity contribution in [3.05, 3.63) is 24.0 Å². The maximum absolute atomic E-state index is 12.8. The highest BCUT2D eigenvalue weighted by Gasteiger charge is 2.31. The molecule has 0 bridgehead atoms. The molecule has 0 aliphatic carbocycles. The van der Waals surface area contributed by atoms with Crippen molar-refractivity contribution >= 4 is 23.0 Å². The van der Waals surface area contributed by atoms with E-state index in [4.69, 9.17) is 4.74 Å². The lowest BCUT2D eigenvalue weighted by Crippen LogP contribution is -2.49. The van der Waals surface area contributed by atoms with Crippen molar-refractivity contribution in [3.8, 4) is 0 Å². The fraction of sp³-hybridized carbons (Fsp3) is 0.652. The molecule has 0 unspecified atom stereocenters. The second-order valence-corrected chi connectivity index (χ2v) is 9.95. The van der Waals surface area contributed by atoms with E-state index in [2.05, 4.69) is 29.2 Å². The minimum atomic E-state index is -0.515. The number of carbonyl (C=O) groups is 2. The van der Waals surface area contributed by atoms with Crippen molar-refractivity contribution < 1.29 is 14.3 Å². The Morgan fingerprint density at radius 1 is 1.26 bits per heavy atom. The van der Waals surface area contributed by atoms with Crippen LogP contribution in [0.1, 0.15) is 64.7 Å². The third-order valence-electron chi connectivity index (χ3n) is 5.45. The summed E-state index contributed by atoms with van der Waals surface area (Å²) in [5, 5.41) is 8.34. The van der Waals surface area contributed by atoms with E-state index < -0.39 is 5.60 Å². The summed E-state index contributed by atoms with van der Waals surface area (Å²) >= 11 is 0. The largest absolute Gasteiger partial charge is 0.444 e. The molecule has 3 rings (SSSR count). The molecule has 2 aromatic rings. The first-order valence-electron chi connectivity index (χ1n) is 11.1. The Morgan fingerprint density at radius 3 is 2.68 bits per heavy atom. The van der Waals surface area contributed by atoms with Crippen molar-refractivity contribution in [2.24, 2.45) is 11.8 Å². The molecule has 31 heavy (non-hydrogen) atoms. The summed E-state index contributed by atoms with van der Waals surface area (Å²) in [7, 11) is 0. The molecule has 2 atom stereocenters. The Morgan fingerprint density at radius 2 is 2.00 bits per heavy atom. The molecule has 8 heteroatoms. The molecule has 170 valence electrons. The van der Waals surface area contributed by atoms with Gasteiger partial charge in [-0.25, -0.2) is 14.5 Å². The van der Waals surface area contributed by atoms with Crippen LogP contribution in [0.15, 0.2) is 18.5 Å². The highest BCUT2D eigenvalue weighted by Crippen LogP contribution is 2.22. The summed E-state index contributed by atoms with van der Waals surface area (Å²) in [6.07, 6.45) is 4.93. The molecule has 0 aromatic carbocycles. The minimum Gasteiger partial charge on any atom is -0.444 e. The molecule has 1 aliphatic rings. The van der Waals surface area contributed by atoms with Crippen molar-refractivity contribution in [1.29, 1.82) is 0 Å². The Bertz CT molecular complexity index is 931. The molecule has 1 aliphatic heterocycles. The number of rotatable bonds is 5. The first-order valence-corrected chi connectivity index (χ1v) is 11.1. The number of ether oxygens (including phenoxy) is 1. The lowest BCUT2D eigenvalue weighted by Gasteiger charge is -2.36. The molecule has 1 saturated heterocycles. The number of likely N-dealkylation sites (tertiary alicyclic amines) is 1. The van der Waals surface area contributed by atoms with E-state index in [1.165, 1.54) is 0 Å². The van der Waals surface area contributed by atoms with Gasteiger partial charge < -0.3 is 15.0 Å². The molecular weight excluding hydrogens is 394 g/mol. The molecule has 2 amide bonds. The number of hydrogen-bond acceptors (Lipinski definition) is 5. The van der Waals surface area contributed by atoms with Crippen LogP contribution in [0.2, 0.25) is 0 Å². The van der Waals surface area contributed by atoms with Gasteiger partial charge in [-0.15, -0.1) is 0 Å². The number of amides is 2. The topological polar surface area (TPSA) is 89.4 Å². The Labute approximate surface area is 184 Å². The van der Waals surface area contributed by atoms with Crippen molar-refractivity contribution in [2.75, 3.05) is 13.1 Å². The molecule has 0 spiro atoms. The normalized spacial score (nSPS) is 18.3. The molecule has 8 nitrogen and oxygen atoms in total. The number of carbonyl (C=O) groups excluding carboxylic acids is 2. The fourth-order valence-corrected chi connectivity index (χ4v) is 3.89. The lowest BCUT2D eigenvalue weighted by molar-refractivity contribution is 0.0150. The Balaban J connectivity index is 1.62. The molecular formula is C23H35N5O3. The van der Waals surface area contributed by atoms with Gasteiger partial charge in [-0.3, -0.25) is 4.79 Å². The fourth-order valence-electron chi connectivity index (χ4n) is 3.89. The van der Waals surface area contributed by atoms with Crippen LogP contribution in [0, 0.1) is 11.8 Å². The molecule has 3 heterocycles. The van der Waals surface area contributed by atoms with E-state index in [0.29, 0.717) is 24.6 Å². The van der Waals surface area contributed by atoms with Crippen molar-refractivity contribution in [1.82, 2.24) is 25.0 Å². The van der Waals surface area contributed by atoms with Gasteiger partial charge in [0.25, 0.3) is 5.91 Å². The van der Waals surface area contributed by atoms with Crippen molar-refractivity contribution in [2.45, 2.75) is 72.6 Å². The number of nitrogens with one attached hydrogen (secondary N) is 1. The van der Waals surface area contributed by atoms with Crippen LogP contribution >= 0.6 is 0 Å². The van der Waals surface area contributed by atoms with Crippen LogP contribution in [0.25, 0.3) is 11.0 Å². The van der Waals surface area contributed by atoms with Crippen LogP contribution in [0.5, 0.6) is 0 Å². The third kappa shape index (κ3) is 5.95. The van der Waals surface area contributed by atoms with E-state index in [0.717, 1.165) is 30.4 Å². The SMILES string of the molecule is CC(C)Cn1ncc2cc(C(=O)N[C@H](C)[C@H]3CCCN(C(=O)OC(C)(C)C)C3)cnc21. The quantitative estimate of drug-likeness (QED) is 0.780. The van der Waals surface area contributed by atoms with E-state index in [9.17, 15) is 9.59 Å². The van der Waals surface area contributed by atoms with Gasteiger partial charge in [-0.05, 0) is 58.4 Å². The van der Waals surface area contributed by atoms with Gasteiger partial charge in [0.1, 0.15) is 5.60 Å². The smallest absolute Gasteiger partial charge is 0.410 e. The van der Waals surface area contributed by atoms with Crippen molar-refractivity contribution in [3.63, 3.8) is 0 Å². The van der Waals surface area contributed by atoms with E-state index in [-0.39, 0.29) is 24.0 Å². The first-order chi connectivity index (χ1) is 14.5. The maximum atomic E-state index is 12.8. The van der Waals surface area contributed by atoms with Gasteiger partial charge in [-0.2, -0.15) is 5.10 Å². The molecule has 0 saturated carbocycles. The number of aromatic nitrogens is 3. The Kier molecular flexibility index (Phi) is 6.86. The van der Waals surface area contributed by atoms with Gasteiger partial charge in [0, 0.05) is 37.3 Å². The summed E-state index contributed by atoms with van der Waals surface area (Å²) in [6, 6.07) is 1.76. The predicted octanol–water partition coefficient (Wildman–Crippen LogP) is 3.85. The van der Waals surface area contributed by atoms with Gasteiger partial charge in [-0.1, -0.05) is 13.8 Å². The van der Waals surface area contributed by atoms with Crippen LogP contribution in [0.3, 0.4) is 0 Å².